The first-order valence-corrected chi connectivity index (χ1v) is 11.0. The largest absolute Gasteiger partial charge is 0.463 e. The van der Waals surface area contributed by atoms with Crippen LogP contribution in [0.4, 0.5) is 0 Å². The Hall–Kier alpha value is -2.20. The van der Waals surface area contributed by atoms with Crippen LogP contribution in [0.3, 0.4) is 0 Å². The van der Waals surface area contributed by atoms with Crippen molar-refractivity contribution >= 4 is 40.5 Å². The zero-order chi connectivity index (χ0) is 20.8. The molecule has 5 rings (SSSR count). The number of ether oxygens (including phenoxy) is 1. The van der Waals surface area contributed by atoms with Crippen LogP contribution in [-0.2, 0) is 6.42 Å². The molecule has 6 heteroatoms. The first-order chi connectivity index (χ1) is 14.5. The highest BCUT2D eigenvalue weighted by atomic mass is 35.5. The van der Waals surface area contributed by atoms with Crippen LogP contribution in [0, 0.1) is 0 Å². The first kappa shape index (κ1) is 19.7. The van der Waals surface area contributed by atoms with Crippen molar-refractivity contribution in [1.82, 2.24) is 5.01 Å². The van der Waals surface area contributed by atoms with E-state index in [0.717, 1.165) is 35.2 Å². The lowest BCUT2D eigenvalue weighted by molar-refractivity contribution is -0.0189. The average molecular weight is 458 g/mol. The third-order valence-electron chi connectivity index (χ3n) is 5.66. The Morgan fingerprint density at radius 1 is 0.967 bits per heavy atom. The summed E-state index contributed by atoms with van der Waals surface area (Å²) in [5.74, 6) is 0.680. The average Bonchev–Trinajstić information content (AvgIpc) is 3.20. The van der Waals surface area contributed by atoms with Crippen molar-refractivity contribution in [2.45, 2.75) is 32.0 Å². The van der Waals surface area contributed by atoms with Gasteiger partial charge in [-0.25, -0.2) is 5.01 Å². The normalized spacial score (nSPS) is 19.7. The molecule has 0 saturated carbocycles. The minimum atomic E-state index is -0.364. The zero-order valence-electron chi connectivity index (χ0n) is 16.3. The van der Waals surface area contributed by atoms with E-state index in [1.165, 1.54) is 5.56 Å². The van der Waals surface area contributed by atoms with E-state index < -0.39 is 0 Å². The van der Waals surface area contributed by atoms with Crippen LogP contribution in [0.1, 0.15) is 47.9 Å². The molecule has 152 valence electrons. The standard InChI is InChI=1S/C24H19Cl3N2O/c1-2-14-3-5-16(6-4-14)24-29-22(19-11-18(26)12-20(27)23(19)30-24)13-21(28-29)15-7-9-17(25)10-8-15/h3-12,22,24H,2,13H2,1H3/t22-,24-/m1/s1. The first-order valence-electron chi connectivity index (χ1n) is 9.89. The Bertz CT molecular complexity index is 1130. The van der Waals surface area contributed by atoms with Crippen LogP contribution < -0.4 is 4.74 Å². The molecule has 30 heavy (non-hydrogen) atoms. The number of rotatable bonds is 3. The molecule has 0 amide bonds. The predicted molar refractivity (Wildman–Crippen MR) is 123 cm³/mol. The van der Waals surface area contributed by atoms with Gasteiger partial charge in [-0.1, -0.05) is 78.1 Å². The van der Waals surface area contributed by atoms with Crippen molar-refractivity contribution in [1.29, 1.82) is 0 Å². The van der Waals surface area contributed by atoms with Gasteiger partial charge >= 0.3 is 0 Å². The van der Waals surface area contributed by atoms with Crippen LogP contribution in [0.15, 0.2) is 65.8 Å². The number of benzene rings is 3. The van der Waals surface area contributed by atoms with Crippen molar-refractivity contribution in [3.05, 3.63) is 98.0 Å². The number of hydrogen-bond donors (Lipinski definition) is 0. The smallest absolute Gasteiger partial charge is 0.213 e. The molecule has 3 aromatic rings. The second-order valence-corrected chi connectivity index (χ2v) is 8.80. The second-order valence-electron chi connectivity index (χ2n) is 7.52. The molecule has 0 radical (unpaired) electrons. The van der Waals surface area contributed by atoms with E-state index in [-0.39, 0.29) is 12.3 Å². The van der Waals surface area contributed by atoms with Gasteiger partial charge in [0.2, 0.25) is 6.23 Å². The van der Waals surface area contributed by atoms with Crippen LogP contribution >= 0.6 is 34.8 Å². The summed E-state index contributed by atoms with van der Waals surface area (Å²) in [4.78, 5) is 0. The van der Waals surface area contributed by atoms with E-state index in [1.54, 1.807) is 6.07 Å². The van der Waals surface area contributed by atoms with Crippen molar-refractivity contribution in [3.8, 4) is 5.75 Å². The maximum absolute atomic E-state index is 6.53. The quantitative estimate of drug-likeness (QED) is 0.408. The topological polar surface area (TPSA) is 24.8 Å². The maximum atomic E-state index is 6.53. The van der Waals surface area contributed by atoms with Gasteiger partial charge in [0.1, 0.15) is 5.75 Å². The summed E-state index contributed by atoms with van der Waals surface area (Å²) < 4.78 is 6.40. The number of halogens is 3. The van der Waals surface area contributed by atoms with Gasteiger partial charge in [0.25, 0.3) is 0 Å². The number of aryl methyl sites for hydroxylation is 1. The van der Waals surface area contributed by atoms with Crippen LogP contribution in [0.5, 0.6) is 5.75 Å². The summed E-state index contributed by atoms with van der Waals surface area (Å²) >= 11 is 18.9. The van der Waals surface area contributed by atoms with Gasteiger partial charge in [0.05, 0.1) is 16.8 Å². The van der Waals surface area contributed by atoms with Crippen LogP contribution in [-0.4, -0.2) is 10.7 Å². The number of hydrazone groups is 1. The Morgan fingerprint density at radius 2 is 1.70 bits per heavy atom. The van der Waals surface area contributed by atoms with E-state index >= 15 is 0 Å². The Morgan fingerprint density at radius 3 is 2.40 bits per heavy atom. The zero-order valence-corrected chi connectivity index (χ0v) is 18.5. The van der Waals surface area contributed by atoms with E-state index in [9.17, 15) is 0 Å². The number of fused-ring (bicyclic) bond motifs is 3. The van der Waals surface area contributed by atoms with Gasteiger partial charge in [-0.05, 0) is 41.8 Å². The van der Waals surface area contributed by atoms with Crippen molar-refractivity contribution < 1.29 is 4.74 Å². The molecule has 0 saturated heterocycles. The van der Waals surface area contributed by atoms with Crippen LogP contribution in [0.2, 0.25) is 15.1 Å². The molecule has 0 fully saturated rings. The van der Waals surface area contributed by atoms with Gasteiger partial charge < -0.3 is 4.74 Å². The SMILES string of the molecule is CCc1ccc([C@H]2Oc3c(Cl)cc(Cl)cc3[C@H]3CC(c4ccc(Cl)cc4)=NN32)cc1. The Balaban J connectivity index is 1.60. The highest BCUT2D eigenvalue weighted by Crippen LogP contribution is 2.50. The van der Waals surface area contributed by atoms with E-state index in [2.05, 4.69) is 31.2 Å². The molecule has 0 N–H and O–H groups in total. The Kier molecular flexibility index (Phi) is 5.14. The van der Waals surface area contributed by atoms with Gasteiger partial charge in [-0.15, -0.1) is 0 Å². The lowest BCUT2D eigenvalue weighted by Gasteiger charge is -2.38. The fraction of sp³-hybridized carbons (Fsp3) is 0.208. The highest BCUT2D eigenvalue weighted by Gasteiger charge is 2.42. The molecule has 3 aromatic carbocycles. The molecule has 0 aromatic heterocycles. The minimum absolute atomic E-state index is 0.00789. The van der Waals surface area contributed by atoms with Gasteiger partial charge in [0.15, 0.2) is 0 Å². The highest BCUT2D eigenvalue weighted by molar-refractivity contribution is 6.35. The molecule has 3 nitrogen and oxygen atoms in total. The van der Waals surface area contributed by atoms with Crippen molar-refractivity contribution in [3.63, 3.8) is 0 Å². The molecule has 2 atom stereocenters. The predicted octanol–water partition coefficient (Wildman–Crippen LogP) is 7.45. The maximum Gasteiger partial charge on any atom is 0.213 e. The van der Waals surface area contributed by atoms with Crippen molar-refractivity contribution in [2.75, 3.05) is 0 Å². The molecular weight excluding hydrogens is 439 g/mol. The summed E-state index contributed by atoms with van der Waals surface area (Å²) in [6.07, 6.45) is 1.36. The summed E-state index contributed by atoms with van der Waals surface area (Å²) in [7, 11) is 0. The number of nitrogens with zero attached hydrogens (tertiary/aromatic N) is 2. The third-order valence-corrected chi connectivity index (χ3v) is 6.41. The second kappa shape index (κ2) is 7.81. The number of hydrogen-bond acceptors (Lipinski definition) is 3. The lowest BCUT2D eigenvalue weighted by atomic mass is 9.95. The summed E-state index contributed by atoms with van der Waals surface area (Å²) in [6, 6.07) is 19.9. The molecule has 2 aliphatic rings. The molecule has 0 bridgehead atoms. The molecule has 0 aliphatic carbocycles. The van der Waals surface area contributed by atoms with Crippen molar-refractivity contribution in [2.24, 2.45) is 5.10 Å². The fourth-order valence-electron chi connectivity index (χ4n) is 4.07. The lowest BCUT2D eigenvalue weighted by Crippen LogP contribution is -2.33. The molecule has 2 aliphatic heterocycles. The summed E-state index contributed by atoms with van der Waals surface area (Å²) in [5, 5.41) is 8.81. The van der Waals surface area contributed by atoms with Crippen LogP contribution in [0.25, 0.3) is 0 Å². The van der Waals surface area contributed by atoms with Gasteiger partial charge in [0, 0.05) is 27.6 Å². The fourth-order valence-corrected chi connectivity index (χ4v) is 4.75. The van der Waals surface area contributed by atoms with E-state index in [0.29, 0.717) is 20.8 Å². The minimum Gasteiger partial charge on any atom is -0.463 e. The van der Waals surface area contributed by atoms with E-state index in [1.807, 2.05) is 35.3 Å². The molecular formula is C24H19Cl3N2O. The molecule has 0 unspecified atom stereocenters. The van der Waals surface area contributed by atoms with Gasteiger partial charge in [-0.3, -0.25) is 0 Å². The monoisotopic (exact) mass is 456 g/mol. The third kappa shape index (κ3) is 3.45. The summed E-state index contributed by atoms with van der Waals surface area (Å²) in [6.45, 7) is 2.14. The van der Waals surface area contributed by atoms with Gasteiger partial charge in [-0.2, -0.15) is 5.10 Å². The van der Waals surface area contributed by atoms with E-state index in [4.69, 9.17) is 44.6 Å². The molecule has 0 spiro atoms. The Labute approximate surface area is 190 Å². The molecule has 2 heterocycles. The summed E-state index contributed by atoms with van der Waals surface area (Å²) in [5.41, 5.74) is 5.31.